The molecule has 0 radical (unpaired) electrons. The van der Waals surface area contributed by atoms with Crippen LogP contribution in [0.5, 0.6) is 5.75 Å². The Hall–Kier alpha value is -1.55. The molecule has 0 spiro atoms. The van der Waals surface area contributed by atoms with Gasteiger partial charge in [-0.1, -0.05) is 6.07 Å². The molecule has 4 nitrogen and oxygen atoms in total. The molecule has 1 saturated carbocycles. The zero-order valence-electron chi connectivity index (χ0n) is 11.0. The lowest BCUT2D eigenvalue weighted by Crippen LogP contribution is -2.26. The van der Waals surface area contributed by atoms with E-state index < -0.39 is 0 Å². The van der Waals surface area contributed by atoms with Crippen LogP contribution in [0.2, 0.25) is 0 Å². The number of benzene rings is 1. The van der Waals surface area contributed by atoms with Crippen molar-refractivity contribution in [2.75, 3.05) is 6.61 Å². The van der Waals surface area contributed by atoms with Gasteiger partial charge in [0.15, 0.2) is 0 Å². The van der Waals surface area contributed by atoms with Crippen LogP contribution in [0.25, 0.3) is 0 Å². The lowest BCUT2D eigenvalue weighted by atomic mass is 10.1. The zero-order chi connectivity index (χ0) is 13.2. The van der Waals surface area contributed by atoms with Gasteiger partial charge in [0.2, 0.25) is 5.91 Å². The van der Waals surface area contributed by atoms with Crippen LogP contribution in [0, 0.1) is 0 Å². The third kappa shape index (κ3) is 3.07. The highest BCUT2D eigenvalue weighted by atomic mass is 16.5. The predicted molar refractivity (Wildman–Crippen MR) is 73.0 cm³/mol. The number of amides is 1. The Bertz CT molecular complexity index is 483. The Labute approximate surface area is 113 Å². The van der Waals surface area contributed by atoms with E-state index in [2.05, 4.69) is 11.4 Å². The van der Waals surface area contributed by atoms with Crippen LogP contribution in [-0.2, 0) is 11.2 Å². The number of carbonyl (C=O) groups excluding carboxylic acids is 1. The number of ether oxygens (including phenoxy) is 1. The summed E-state index contributed by atoms with van der Waals surface area (Å²) < 4.78 is 5.64. The minimum Gasteiger partial charge on any atom is -0.493 e. The Morgan fingerprint density at radius 2 is 2.21 bits per heavy atom. The molecule has 0 heterocycles. The van der Waals surface area contributed by atoms with Gasteiger partial charge in [0, 0.05) is 12.1 Å². The first-order valence-corrected chi connectivity index (χ1v) is 7.03. The normalized spacial score (nSPS) is 21.0. The summed E-state index contributed by atoms with van der Waals surface area (Å²) in [5, 5.41) is 2.95. The molecule has 2 aliphatic carbocycles. The molecule has 0 aromatic heterocycles. The SMILES string of the molecule is NC1CCc2cc(OCCC(=O)NC3CC3)ccc21. The number of carbonyl (C=O) groups is 1. The van der Waals surface area contributed by atoms with Crippen LogP contribution in [-0.4, -0.2) is 18.6 Å². The van der Waals surface area contributed by atoms with E-state index in [1.54, 1.807) is 0 Å². The highest BCUT2D eigenvalue weighted by Crippen LogP contribution is 2.31. The molecule has 1 fully saturated rings. The van der Waals surface area contributed by atoms with Crippen molar-refractivity contribution in [3.63, 3.8) is 0 Å². The minimum atomic E-state index is 0.0886. The van der Waals surface area contributed by atoms with Gasteiger partial charge in [-0.3, -0.25) is 4.79 Å². The molecule has 102 valence electrons. The number of fused-ring (bicyclic) bond motifs is 1. The molecule has 1 amide bonds. The van der Waals surface area contributed by atoms with E-state index in [0.29, 0.717) is 19.1 Å². The van der Waals surface area contributed by atoms with Crippen molar-refractivity contribution in [3.8, 4) is 5.75 Å². The molecule has 3 N–H and O–H groups in total. The van der Waals surface area contributed by atoms with Gasteiger partial charge in [0.1, 0.15) is 5.75 Å². The number of nitrogens with one attached hydrogen (secondary N) is 1. The molecule has 1 aromatic carbocycles. The molecule has 0 aliphatic heterocycles. The Morgan fingerprint density at radius 3 is 3.00 bits per heavy atom. The summed E-state index contributed by atoms with van der Waals surface area (Å²) in [5.74, 6) is 0.928. The smallest absolute Gasteiger partial charge is 0.223 e. The van der Waals surface area contributed by atoms with Crippen LogP contribution >= 0.6 is 0 Å². The number of aryl methyl sites for hydroxylation is 1. The number of hydrogen-bond donors (Lipinski definition) is 2. The van der Waals surface area contributed by atoms with Gasteiger partial charge >= 0.3 is 0 Å². The average Bonchev–Trinajstić information content (AvgIpc) is 3.13. The molecule has 19 heavy (non-hydrogen) atoms. The maximum atomic E-state index is 11.5. The predicted octanol–water partition coefficient (Wildman–Crippen LogP) is 1.68. The van der Waals surface area contributed by atoms with E-state index in [4.69, 9.17) is 10.5 Å². The summed E-state index contributed by atoms with van der Waals surface area (Å²) in [6, 6.07) is 6.65. The standard InChI is InChI=1S/C15H20N2O2/c16-14-6-1-10-9-12(4-5-13(10)14)19-8-7-15(18)17-11-2-3-11/h4-5,9,11,14H,1-3,6-8,16H2,(H,17,18). The maximum absolute atomic E-state index is 11.5. The van der Waals surface area contributed by atoms with E-state index in [-0.39, 0.29) is 11.9 Å². The van der Waals surface area contributed by atoms with Crippen molar-refractivity contribution < 1.29 is 9.53 Å². The molecular formula is C15H20N2O2. The van der Waals surface area contributed by atoms with Crippen LogP contribution in [0.15, 0.2) is 18.2 Å². The topological polar surface area (TPSA) is 64.3 Å². The highest BCUT2D eigenvalue weighted by molar-refractivity contribution is 5.76. The van der Waals surface area contributed by atoms with Crippen molar-refractivity contribution in [2.24, 2.45) is 5.73 Å². The fourth-order valence-electron chi connectivity index (χ4n) is 2.51. The minimum absolute atomic E-state index is 0.0886. The fraction of sp³-hybridized carbons (Fsp3) is 0.533. The highest BCUT2D eigenvalue weighted by Gasteiger charge is 2.23. The first-order chi connectivity index (χ1) is 9.22. The summed E-state index contributed by atoms with van der Waals surface area (Å²) in [4.78, 5) is 11.5. The lowest BCUT2D eigenvalue weighted by Gasteiger charge is -2.09. The molecule has 0 saturated heterocycles. The van der Waals surface area contributed by atoms with Gasteiger partial charge in [-0.15, -0.1) is 0 Å². The van der Waals surface area contributed by atoms with Crippen molar-refractivity contribution in [2.45, 2.75) is 44.2 Å². The zero-order valence-corrected chi connectivity index (χ0v) is 11.0. The first-order valence-electron chi connectivity index (χ1n) is 7.03. The average molecular weight is 260 g/mol. The molecular weight excluding hydrogens is 240 g/mol. The summed E-state index contributed by atoms with van der Waals surface area (Å²) >= 11 is 0. The van der Waals surface area contributed by atoms with E-state index in [1.807, 2.05) is 12.1 Å². The monoisotopic (exact) mass is 260 g/mol. The molecule has 1 atom stereocenters. The number of rotatable bonds is 5. The molecule has 4 heteroatoms. The van der Waals surface area contributed by atoms with Gasteiger partial charge in [0.05, 0.1) is 13.0 Å². The maximum Gasteiger partial charge on any atom is 0.223 e. The van der Waals surface area contributed by atoms with Crippen LogP contribution in [0.1, 0.15) is 42.9 Å². The van der Waals surface area contributed by atoms with Gasteiger partial charge < -0.3 is 15.8 Å². The lowest BCUT2D eigenvalue weighted by molar-refractivity contribution is -0.121. The summed E-state index contributed by atoms with van der Waals surface area (Å²) in [6.07, 6.45) is 4.71. The number of hydrogen-bond acceptors (Lipinski definition) is 3. The Balaban J connectivity index is 1.48. The van der Waals surface area contributed by atoms with Crippen LogP contribution < -0.4 is 15.8 Å². The van der Waals surface area contributed by atoms with Gasteiger partial charge in [-0.05, 0) is 48.9 Å². The van der Waals surface area contributed by atoms with Crippen molar-refractivity contribution in [1.82, 2.24) is 5.32 Å². The molecule has 2 aliphatic rings. The quantitative estimate of drug-likeness (QED) is 0.846. The van der Waals surface area contributed by atoms with Crippen molar-refractivity contribution in [1.29, 1.82) is 0 Å². The molecule has 1 unspecified atom stereocenters. The molecule has 3 rings (SSSR count). The summed E-state index contributed by atoms with van der Waals surface area (Å²) in [7, 11) is 0. The van der Waals surface area contributed by atoms with E-state index in [9.17, 15) is 4.79 Å². The molecule has 1 aromatic rings. The Morgan fingerprint density at radius 1 is 1.37 bits per heavy atom. The van der Waals surface area contributed by atoms with Gasteiger partial charge in [0.25, 0.3) is 0 Å². The fourth-order valence-corrected chi connectivity index (χ4v) is 2.51. The third-order valence-electron chi connectivity index (χ3n) is 3.78. The van der Waals surface area contributed by atoms with E-state index in [1.165, 1.54) is 11.1 Å². The summed E-state index contributed by atoms with van der Waals surface area (Å²) in [6.45, 7) is 0.434. The van der Waals surface area contributed by atoms with Crippen molar-refractivity contribution >= 4 is 5.91 Å². The van der Waals surface area contributed by atoms with E-state index >= 15 is 0 Å². The second-order valence-electron chi connectivity index (χ2n) is 5.45. The second kappa shape index (κ2) is 5.21. The van der Waals surface area contributed by atoms with Gasteiger partial charge in [-0.2, -0.15) is 0 Å². The van der Waals surface area contributed by atoms with Gasteiger partial charge in [-0.25, -0.2) is 0 Å². The van der Waals surface area contributed by atoms with Crippen LogP contribution in [0.3, 0.4) is 0 Å². The third-order valence-corrected chi connectivity index (χ3v) is 3.78. The van der Waals surface area contributed by atoms with Crippen LogP contribution in [0.4, 0.5) is 0 Å². The summed E-state index contributed by atoms with van der Waals surface area (Å²) in [5.41, 5.74) is 8.51. The van der Waals surface area contributed by atoms with Crippen molar-refractivity contribution in [3.05, 3.63) is 29.3 Å². The van der Waals surface area contributed by atoms with E-state index in [0.717, 1.165) is 31.4 Å². The number of nitrogens with two attached hydrogens (primary N) is 1. The largest absolute Gasteiger partial charge is 0.493 e. The molecule has 0 bridgehead atoms. The second-order valence-corrected chi connectivity index (χ2v) is 5.45. The first kappa shape index (κ1) is 12.5. The Kier molecular flexibility index (Phi) is 3.42.